The number of hydrogen-bond donors (Lipinski definition) is 2. The van der Waals surface area contributed by atoms with Gasteiger partial charge >= 0.3 is 0 Å². The van der Waals surface area contributed by atoms with Gasteiger partial charge in [-0.25, -0.2) is 0 Å². The largest absolute Gasteiger partial charge is 0.382 e. The lowest BCUT2D eigenvalue weighted by atomic mass is 10.0. The second-order valence-electron chi connectivity index (χ2n) is 5.15. The SMILES string of the molecule is CCNC(=O)CCNC(=O)[C@H]1CC(c2ccccc2C)=NO1. The first kappa shape index (κ1) is 16.0. The molecule has 22 heavy (non-hydrogen) atoms. The molecule has 2 amide bonds. The molecule has 0 fully saturated rings. The molecule has 6 nitrogen and oxygen atoms in total. The predicted octanol–water partition coefficient (Wildman–Crippen LogP) is 1.13. The molecule has 0 unspecified atom stereocenters. The molecule has 1 heterocycles. The highest BCUT2D eigenvalue weighted by atomic mass is 16.6. The maximum Gasteiger partial charge on any atom is 0.264 e. The smallest absolute Gasteiger partial charge is 0.264 e. The molecule has 1 aromatic carbocycles. The van der Waals surface area contributed by atoms with E-state index >= 15 is 0 Å². The van der Waals surface area contributed by atoms with Gasteiger partial charge < -0.3 is 15.5 Å². The number of rotatable bonds is 6. The van der Waals surface area contributed by atoms with E-state index in [2.05, 4.69) is 15.8 Å². The summed E-state index contributed by atoms with van der Waals surface area (Å²) in [6.07, 6.45) is 0.0826. The highest BCUT2D eigenvalue weighted by Gasteiger charge is 2.29. The van der Waals surface area contributed by atoms with E-state index in [1.807, 2.05) is 38.1 Å². The molecular weight excluding hydrogens is 282 g/mol. The van der Waals surface area contributed by atoms with E-state index in [1.54, 1.807) is 0 Å². The molecule has 0 aromatic heterocycles. The number of amides is 2. The van der Waals surface area contributed by atoms with Gasteiger partial charge in [0, 0.05) is 31.5 Å². The van der Waals surface area contributed by atoms with Crippen LogP contribution >= 0.6 is 0 Å². The molecule has 0 bridgehead atoms. The Morgan fingerprint density at radius 2 is 2.09 bits per heavy atom. The third-order valence-corrected chi connectivity index (χ3v) is 3.44. The van der Waals surface area contributed by atoms with Crippen molar-refractivity contribution in [2.45, 2.75) is 32.8 Å². The van der Waals surface area contributed by atoms with Crippen molar-refractivity contribution >= 4 is 17.5 Å². The molecule has 0 aliphatic carbocycles. The molecular formula is C16H21N3O3. The van der Waals surface area contributed by atoms with Gasteiger partial charge in [0.05, 0.1) is 5.71 Å². The first-order chi connectivity index (χ1) is 10.6. The average Bonchev–Trinajstić information content (AvgIpc) is 2.97. The van der Waals surface area contributed by atoms with Crippen LogP contribution in [0.15, 0.2) is 29.4 Å². The summed E-state index contributed by atoms with van der Waals surface area (Å²) in [5, 5.41) is 9.40. The fourth-order valence-electron chi connectivity index (χ4n) is 2.27. The van der Waals surface area contributed by atoms with Gasteiger partial charge in [0.25, 0.3) is 5.91 Å². The molecule has 1 aliphatic rings. The lowest BCUT2D eigenvalue weighted by Gasteiger charge is -2.09. The molecule has 0 saturated heterocycles. The van der Waals surface area contributed by atoms with Gasteiger partial charge in [-0.15, -0.1) is 0 Å². The van der Waals surface area contributed by atoms with Crippen LogP contribution < -0.4 is 10.6 Å². The van der Waals surface area contributed by atoms with E-state index in [1.165, 1.54) is 0 Å². The summed E-state index contributed by atoms with van der Waals surface area (Å²) in [6, 6.07) is 7.86. The lowest BCUT2D eigenvalue weighted by molar-refractivity contribution is -0.131. The van der Waals surface area contributed by atoms with Crippen molar-refractivity contribution in [1.29, 1.82) is 0 Å². The van der Waals surface area contributed by atoms with Gasteiger partial charge in [0.15, 0.2) is 0 Å². The second-order valence-corrected chi connectivity index (χ2v) is 5.15. The maximum absolute atomic E-state index is 12.0. The van der Waals surface area contributed by atoms with Crippen LogP contribution in [0, 0.1) is 6.92 Å². The van der Waals surface area contributed by atoms with Crippen molar-refractivity contribution in [1.82, 2.24) is 10.6 Å². The lowest BCUT2D eigenvalue weighted by Crippen LogP contribution is -2.37. The molecule has 1 aromatic rings. The summed E-state index contributed by atoms with van der Waals surface area (Å²) < 4.78 is 0. The second kappa shape index (κ2) is 7.59. The van der Waals surface area contributed by atoms with E-state index < -0.39 is 6.10 Å². The van der Waals surface area contributed by atoms with Crippen molar-refractivity contribution in [3.8, 4) is 0 Å². The van der Waals surface area contributed by atoms with Gasteiger partial charge in [-0.3, -0.25) is 9.59 Å². The fraction of sp³-hybridized carbons (Fsp3) is 0.438. The molecule has 0 saturated carbocycles. The Hall–Kier alpha value is -2.37. The summed E-state index contributed by atoms with van der Waals surface area (Å²) in [5.41, 5.74) is 2.88. The van der Waals surface area contributed by atoms with E-state index in [-0.39, 0.29) is 18.2 Å². The standard InChI is InChI=1S/C16H21N3O3/c1-3-17-15(20)8-9-18-16(21)14-10-13(19-22-14)12-7-5-4-6-11(12)2/h4-7,14H,3,8-10H2,1-2H3,(H,17,20)(H,18,21)/t14-/m1/s1. The van der Waals surface area contributed by atoms with Gasteiger partial charge in [0.2, 0.25) is 12.0 Å². The number of benzene rings is 1. The van der Waals surface area contributed by atoms with Crippen LogP contribution in [0.1, 0.15) is 30.9 Å². The monoisotopic (exact) mass is 303 g/mol. The summed E-state index contributed by atoms with van der Waals surface area (Å²) >= 11 is 0. The third-order valence-electron chi connectivity index (χ3n) is 3.44. The van der Waals surface area contributed by atoms with Crippen LogP contribution in [0.5, 0.6) is 0 Å². The summed E-state index contributed by atoms with van der Waals surface area (Å²) in [7, 11) is 0. The number of oxime groups is 1. The highest BCUT2D eigenvalue weighted by molar-refractivity contribution is 6.05. The third kappa shape index (κ3) is 4.07. The molecule has 1 atom stereocenters. The number of aryl methyl sites for hydroxylation is 1. The Bertz CT molecular complexity index is 584. The zero-order valence-electron chi connectivity index (χ0n) is 12.9. The average molecular weight is 303 g/mol. The number of hydrogen-bond acceptors (Lipinski definition) is 4. The molecule has 1 aliphatic heterocycles. The quantitative estimate of drug-likeness (QED) is 0.827. The minimum atomic E-state index is -0.621. The van der Waals surface area contributed by atoms with Gasteiger partial charge in [-0.1, -0.05) is 29.4 Å². The zero-order chi connectivity index (χ0) is 15.9. The first-order valence-corrected chi connectivity index (χ1v) is 7.45. The van der Waals surface area contributed by atoms with Crippen molar-refractivity contribution < 1.29 is 14.4 Å². The van der Waals surface area contributed by atoms with Crippen LogP contribution in [0.3, 0.4) is 0 Å². The Kier molecular flexibility index (Phi) is 5.52. The minimum absolute atomic E-state index is 0.0769. The zero-order valence-corrected chi connectivity index (χ0v) is 12.9. The van der Waals surface area contributed by atoms with Crippen molar-refractivity contribution in [3.05, 3.63) is 35.4 Å². The van der Waals surface area contributed by atoms with E-state index in [4.69, 9.17) is 4.84 Å². The topological polar surface area (TPSA) is 79.8 Å². The molecule has 2 N–H and O–H groups in total. The van der Waals surface area contributed by atoms with Crippen molar-refractivity contribution in [2.75, 3.05) is 13.1 Å². The molecule has 2 rings (SSSR count). The number of nitrogens with one attached hydrogen (secondary N) is 2. The Morgan fingerprint density at radius 3 is 2.82 bits per heavy atom. The summed E-state index contributed by atoms with van der Waals surface area (Å²) in [6.45, 7) is 4.74. The Morgan fingerprint density at radius 1 is 1.32 bits per heavy atom. The van der Waals surface area contributed by atoms with E-state index in [9.17, 15) is 9.59 Å². The van der Waals surface area contributed by atoms with Gasteiger partial charge in [-0.05, 0) is 19.4 Å². The maximum atomic E-state index is 12.0. The van der Waals surface area contributed by atoms with Gasteiger partial charge in [-0.2, -0.15) is 0 Å². The molecule has 0 spiro atoms. The van der Waals surface area contributed by atoms with Crippen molar-refractivity contribution in [3.63, 3.8) is 0 Å². The van der Waals surface area contributed by atoms with E-state index in [0.29, 0.717) is 19.5 Å². The number of carbonyl (C=O) groups excluding carboxylic acids is 2. The highest BCUT2D eigenvalue weighted by Crippen LogP contribution is 2.19. The van der Waals surface area contributed by atoms with Crippen LogP contribution in [0.4, 0.5) is 0 Å². The van der Waals surface area contributed by atoms with Crippen molar-refractivity contribution in [2.24, 2.45) is 5.16 Å². The minimum Gasteiger partial charge on any atom is -0.382 e. The van der Waals surface area contributed by atoms with E-state index in [0.717, 1.165) is 16.8 Å². The molecule has 6 heteroatoms. The predicted molar refractivity (Wildman–Crippen MR) is 83.5 cm³/mol. The Balaban J connectivity index is 1.81. The molecule has 0 radical (unpaired) electrons. The molecule has 118 valence electrons. The Labute approximate surface area is 129 Å². The number of nitrogens with zero attached hydrogens (tertiary/aromatic N) is 1. The van der Waals surface area contributed by atoms with Crippen LogP contribution in [0.25, 0.3) is 0 Å². The first-order valence-electron chi connectivity index (χ1n) is 7.45. The normalized spacial score (nSPS) is 16.6. The van der Waals surface area contributed by atoms with Gasteiger partial charge in [0.1, 0.15) is 0 Å². The van der Waals surface area contributed by atoms with Crippen LogP contribution in [-0.4, -0.2) is 36.7 Å². The van der Waals surface area contributed by atoms with Crippen LogP contribution in [0.2, 0.25) is 0 Å². The number of carbonyl (C=O) groups is 2. The summed E-state index contributed by atoms with van der Waals surface area (Å²) in [5.74, 6) is -0.316. The summed E-state index contributed by atoms with van der Waals surface area (Å²) in [4.78, 5) is 28.5. The fourth-order valence-corrected chi connectivity index (χ4v) is 2.27. The van der Waals surface area contributed by atoms with Crippen LogP contribution in [-0.2, 0) is 14.4 Å².